The smallest absolute Gasteiger partial charge is 0.241 e. The molecule has 2 N–H and O–H groups in total. The van der Waals surface area contributed by atoms with Crippen molar-refractivity contribution in [3.63, 3.8) is 0 Å². The molecular formula is C21H26FN5O2. The average molecular weight is 399 g/mol. The fraction of sp³-hybridized carbons (Fsp3) is 0.381. The molecule has 2 heterocycles. The van der Waals surface area contributed by atoms with E-state index in [4.69, 9.17) is 4.74 Å². The summed E-state index contributed by atoms with van der Waals surface area (Å²) in [6.07, 6.45) is 3.79. The molecule has 154 valence electrons. The zero-order valence-corrected chi connectivity index (χ0v) is 16.5. The maximum Gasteiger partial charge on any atom is 0.241 e. The van der Waals surface area contributed by atoms with Crippen molar-refractivity contribution in [2.75, 3.05) is 26.2 Å². The molecule has 3 rings (SSSR count). The van der Waals surface area contributed by atoms with Gasteiger partial charge in [0.25, 0.3) is 0 Å². The number of amides is 1. The Balaban J connectivity index is 1.58. The molecule has 1 amide bonds. The number of hydrogen-bond acceptors (Lipinski definition) is 4. The first-order chi connectivity index (χ1) is 14.1. The van der Waals surface area contributed by atoms with Gasteiger partial charge in [0.2, 0.25) is 11.8 Å². The Labute approximate surface area is 170 Å². The molecule has 1 aliphatic rings. The Hall–Kier alpha value is -3.16. The highest BCUT2D eigenvalue weighted by atomic mass is 19.1. The minimum absolute atomic E-state index is 0.0898. The molecule has 1 fully saturated rings. The van der Waals surface area contributed by atoms with Gasteiger partial charge in [0.1, 0.15) is 11.6 Å². The molecule has 0 atom stereocenters. The van der Waals surface area contributed by atoms with E-state index in [1.54, 1.807) is 24.4 Å². The number of likely N-dealkylation sites (tertiary alicyclic amines) is 1. The van der Waals surface area contributed by atoms with Gasteiger partial charge in [0.15, 0.2) is 5.96 Å². The van der Waals surface area contributed by atoms with Crippen LogP contribution in [0.1, 0.15) is 25.3 Å². The molecule has 7 nitrogen and oxygen atoms in total. The second kappa shape index (κ2) is 10.4. The standard InChI is InChI=1S/C21H26FN5O2/c1-2-23-21(26-15-20(28)27-11-3-4-12-27)25-14-16-9-10-24-19(13-16)29-18-7-5-17(22)6-8-18/h5-10,13H,2-4,11-12,14-15H2,1H3,(H2,23,25,26). The normalized spacial score (nSPS) is 14.0. The molecule has 0 radical (unpaired) electrons. The van der Waals surface area contributed by atoms with Gasteiger partial charge in [-0.05, 0) is 55.7 Å². The van der Waals surface area contributed by atoms with Crippen LogP contribution in [0.15, 0.2) is 47.6 Å². The van der Waals surface area contributed by atoms with E-state index in [0.717, 1.165) is 31.5 Å². The summed E-state index contributed by atoms with van der Waals surface area (Å²) in [4.78, 5) is 22.8. The second-order valence-electron chi connectivity index (χ2n) is 6.69. The fourth-order valence-corrected chi connectivity index (χ4v) is 2.98. The molecule has 1 aliphatic heterocycles. The van der Waals surface area contributed by atoms with E-state index in [1.807, 2.05) is 17.9 Å². The van der Waals surface area contributed by atoms with Crippen molar-refractivity contribution in [2.45, 2.75) is 26.3 Å². The molecule has 2 aromatic rings. The number of aliphatic imine (C=N–C) groups is 1. The van der Waals surface area contributed by atoms with Crippen LogP contribution in [0.25, 0.3) is 0 Å². The summed E-state index contributed by atoms with van der Waals surface area (Å²) in [5, 5.41) is 6.24. The van der Waals surface area contributed by atoms with Crippen LogP contribution in [-0.2, 0) is 11.3 Å². The van der Waals surface area contributed by atoms with Crippen molar-refractivity contribution >= 4 is 11.9 Å². The van der Waals surface area contributed by atoms with Crippen molar-refractivity contribution in [1.29, 1.82) is 0 Å². The number of nitrogens with one attached hydrogen (secondary N) is 2. The van der Waals surface area contributed by atoms with Crippen molar-refractivity contribution < 1.29 is 13.9 Å². The number of halogens is 1. The maximum absolute atomic E-state index is 13.0. The van der Waals surface area contributed by atoms with Crippen LogP contribution < -0.4 is 15.4 Å². The lowest BCUT2D eigenvalue weighted by molar-refractivity contribution is -0.128. The van der Waals surface area contributed by atoms with Gasteiger partial charge in [-0.3, -0.25) is 4.79 Å². The van der Waals surface area contributed by atoms with E-state index in [9.17, 15) is 9.18 Å². The van der Waals surface area contributed by atoms with E-state index < -0.39 is 0 Å². The van der Waals surface area contributed by atoms with Crippen molar-refractivity contribution in [2.24, 2.45) is 4.99 Å². The molecular weight excluding hydrogens is 373 g/mol. The molecule has 29 heavy (non-hydrogen) atoms. The summed E-state index contributed by atoms with van der Waals surface area (Å²) in [5.41, 5.74) is 0.903. The van der Waals surface area contributed by atoms with Gasteiger partial charge in [-0.25, -0.2) is 14.4 Å². The van der Waals surface area contributed by atoms with Crippen LogP contribution in [0.2, 0.25) is 0 Å². The highest BCUT2D eigenvalue weighted by molar-refractivity contribution is 5.86. The number of nitrogens with zero attached hydrogens (tertiary/aromatic N) is 3. The lowest BCUT2D eigenvalue weighted by atomic mass is 10.2. The van der Waals surface area contributed by atoms with E-state index in [0.29, 0.717) is 30.7 Å². The van der Waals surface area contributed by atoms with Gasteiger partial charge in [-0.2, -0.15) is 0 Å². The highest BCUT2D eigenvalue weighted by Crippen LogP contribution is 2.20. The van der Waals surface area contributed by atoms with Gasteiger partial charge in [0.05, 0.1) is 13.1 Å². The summed E-state index contributed by atoms with van der Waals surface area (Å²) in [5.74, 6) is 1.27. The van der Waals surface area contributed by atoms with Crippen molar-refractivity contribution in [3.8, 4) is 11.6 Å². The Morgan fingerprint density at radius 3 is 2.69 bits per heavy atom. The average Bonchev–Trinajstić information content (AvgIpc) is 3.27. The van der Waals surface area contributed by atoms with Crippen LogP contribution in [0.5, 0.6) is 11.6 Å². The van der Waals surface area contributed by atoms with E-state index >= 15 is 0 Å². The fourth-order valence-electron chi connectivity index (χ4n) is 2.98. The number of benzene rings is 1. The van der Waals surface area contributed by atoms with Gasteiger partial charge < -0.3 is 20.3 Å². The molecule has 1 aromatic heterocycles. The number of hydrogen-bond donors (Lipinski definition) is 2. The molecule has 1 saturated heterocycles. The lowest BCUT2D eigenvalue weighted by Crippen LogP contribution is -2.44. The molecule has 0 aliphatic carbocycles. The van der Waals surface area contributed by atoms with Crippen LogP contribution in [0.4, 0.5) is 4.39 Å². The van der Waals surface area contributed by atoms with Gasteiger partial charge in [-0.1, -0.05) is 0 Å². The first-order valence-electron chi connectivity index (χ1n) is 9.82. The third-order valence-electron chi connectivity index (χ3n) is 4.47. The summed E-state index contributed by atoms with van der Waals surface area (Å²) in [7, 11) is 0. The van der Waals surface area contributed by atoms with Crippen LogP contribution in [0, 0.1) is 5.82 Å². The second-order valence-corrected chi connectivity index (χ2v) is 6.69. The van der Waals surface area contributed by atoms with Crippen LogP contribution >= 0.6 is 0 Å². The number of rotatable bonds is 7. The number of guanidine groups is 1. The first kappa shape index (κ1) is 20.6. The lowest BCUT2D eigenvalue weighted by Gasteiger charge is -2.17. The van der Waals surface area contributed by atoms with Crippen molar-refractivity contribution in [3.05, 3.63) is 54.0 Å². The maximum atomic E-state index is 13.0. The third-order valence-corrected chi connectivity index (χ3v) is 4.47. The largest absolute Gasteiger partial charge is 0.439 e. The quantitative estimate of drug-likeness (QED) is 0.553. The number of carbonyl (C=O) groups is 1. The van der Waals surface area contributed by atoms with Crippen molar-refractivity contribution in [1.82, 2.24) is 20.5 Å². The SMILES string of the molecule is CCNC(=NCc1ccnc(Oc2ccc(F)cc2)c1)NCC(=O)N1CCCC1. The zero-order valence-electron chi connectivity index (χ0n) is 16.5. The molecule has 0 spiro atoms. The molecule has 8 heteroatoms. The molecule has 0 saturated carbocycles. The minimum Gasteiger partial charge on any atom is -0.439 e. The number of ether oxygens (including phenoxy) is 1. The van der Waals surface area contributed by atoms with Gasteiger partial charge in [-0.15, -0.1) is 0 Å². The van der Waals surface area contributed by atoms with Gasteiger partial charge >= 0.3 is 0 Å². The highest BCUT2D eigenvalue weighted by Gasteiger charge is 2.17. The van der Waals surface area contributed by atoms with Crippen LogP contribution in [0.3, 0.4) is 0 Å². The third kappa shape index (κ3) is 6.44. The van der Waals surface area contributed by atoms with E-state index in [-0.39, 0.29) is 18.3 Å². The summed E-state index contributed by atoms with van der Waals surface area (Å²) in [6.45, 7) is 4.96. The monoisotopic (exact) mass is 399 g/mol. The number of aromatic nitrogens is 1. The molecule has 1 aromatic carbocycles. The Kier molecular flexibility index (Phi) is 7.38. The summed E-state index contributed by atoms with van der Waals surface area (Å²) < 4.78 is 18.7. The number of pyridine rings is 1. The Morgan fingerprint density at radius 2 is 1.97 bits per heavy atom. The van der Waals surface area contributed by atoms with E-state index in [2.05, 4.69) is 20.6 Å². The number of carbonyl (C=O) groups excluding carboxylic acids is 1. The zero-order chi connectivity index (χ0) is 20.5. The molecule has 0 unspecified atom stereocenters. The van der Waals surface area contributed by atoms with Crippen LogP contribution in [-0.4, -0.2) is 47.9 Å². The summed E-state index contributed by atoms with van der Waals surface area (Å²) in [6, 6.07) is 9.40. The first-order valence-corrected chi connectivity index (χ1v) is 9.82. The Morgan fingerprint density at radius 1 is 1.21 bits per heavy atom. The van der Waals surface area contributed by atoms with E-state index in [1.165, 1.54) is 12.1 Å². The topological polar surface area (TPSA) is 78.9 Å². The predicted molar refractivity (Wildman–Crippen MR) is 109 cm³/mol. The Bertz CT molecular complexity index is 835. The molecule has 0 bridgehead atoms. The summed E-state index contributed by atoms with van der Waals surface area (Å²) >= 11 is 0. The van der Waals surface area contributed by atoms with Gasteiger partial charge in [0, 0.05) is 31.9 Å². The minimum atomic E-state index is -0.319. The predicted octanol–water partition coefficient (Wildman–Crippen LogP) is 2.69.